The number of rotatable bonds is 6. The number of nitrogens with zero attached hydrogens (tertiary/aromatic N) is 2. The Hall–Kier alpha value is -1.38. The molecule has 1 N–H and O–H groups in total. The third-order valence-electron chi connectivity index (χ3n) is 4.47. The standard InChI is InChI=1S/C17H27N3/c1-3-9-17(10-4-2)11-5-15(6-12-17)19-20-16-7-13-18-14-8-16/h7-8,13-14H,3-6,9-12H2,1-2H3,(H,18,20). The van der Waals surface area contributed by atoms with E-state index in [4.69, 9.17) is 0 Å². The molecule has 20 heavy (non-hydrogen) atoms. The van der Waals surface area contributed by atoms with Gasteiger partial charge in [-0.2, -0.15) is 5.10 Å². The molecule has 0 unspecified atom stereocenters. The number of aromatic nitrogens is 1. The molecule has 0 saturated heterocycles. The summed E-state index contributed by atoms with van der Waals surface area (Å²) in [5.41, 5.74) is 6.09. The van der Waals surface area contributed by atoms with Crippen molar-refractivity contribution in [2.75, 3.05) is 5.43 Å². The Morgan fingerprint density at radius 3 is 2.25 bits per heavy atom. The smallest absolute Gasteiger partial charge is 0.0592 e. The quantitative estimate of drug-likeness (QED) is 0.740. The van der Waals surface area contributed by atoms with E-state index >= 15 is 0 Å². The molecule has 1 aromatic heterocycles. The van der Waals surface area contributed by atoms with Gasteiger partial charge in [-0.15, -0.1) is 0 Å². The summed E-state index contributed by atoms with van der Waals surface area (Å²) in [6, 6.07) is 3.90. The van der Waals surface area contributed by atoms with Crippen LogP contribution in [0.4, 0.5) is 5.69 Å². The highest BCUT2D eigenvalue weighted by molar-refractivity contribution is 5.85. The van der Waals surface area contributed by atoms with Crippen LogP contribution in [0.2, 0.25) is 0 Å². The average Bonchev–Trinajstić information content (AvgIpc) is 2.48. The molecule has 1 heterocycles. The molecule has 110 valence electrons. The minimum atomic E-state index is 0.596. The van der Waals surface area contributed by atoms with Gasteiger partial charge in [0.1, 0.15) is 0 Å². The van der Waals surface area contributed by atoms with Crippen LogP contribution in [-0.4, -0.2) is 10.7 Å². The molecule has 1 saturated carbocycles. The molecule has 1 aliphatic carbocycles. The number of hydrogen-bond acceptors (Lipinski definition) is 3. The zero-order valence-corrected chi connectivity index (χ0v) is 12.9. The fraction of sp³-hybridized carbons (Fsp3) is 0.647. The first kappa shape index (κ1) is 15.0. The van der Waals surface area contributed by atoms with Crippen LogP contribution in [0.25, 0.3) is 0 Å². The van der Waals surface area contributed by atoms with Gasteiger partial charge in [0, 0.05) is 18.1 Å². The van der Waals surface area contributed by atoms with E-state index < -0.39 is 0 Å². The number of nitrogens with one attached hydrogen (secondary N) is 1. The largest absolute Gasteiger partial charge is 0.278 e. The van der Waals surface area contributed by atoms with E-state index in [0.29, 0.717) is 5.41 Å². The van der Waals surface area contributed by atoms with Crippen LogP contribution in [-0.2, 0) is 0 Å². The molecule has 2 rings (SSSR count). The van der Waals surface area contributed by atoms with Crippen molar-refractivity contribution in [3.63, 3.8) is 0 Å². The van der Waals surface area contributed by atoms with Gasteiger partial charge in [0.05, 0.1) is 5.69 Å². The molecule has 0 radical (unpaired) electrons. The highest BCUT2D eigenvalue weighted by atomic mass is 15.3. The maximum absolute atomic E-state index is 4.58. The van der Waals surface area contributed by atoms with E-state index in [-0.39, 0.29) is 0 Å². The summed E-state index contributed by atoms with van der Waals surface area (Å²) < 4.78 is 0. The Bertz CT molecular complexity index is 407. The topological polar surface area (TPSA) is 37.3 Å². The summed E-state index contributed by atoms with van der Waals surface area (Å²) in [5.74, 6) is 0. The van der Waals surface area contributed by atoms with E-state index in [0.717, 1.165) is 18.5 Å². The molecule has 1 fully saturated rings. The van der Waals surface area contributed by atoms with Gasteiger partial charge in [-0.25, -0.2) is 0 Å². The lowest BCUT2D eigenvalue weighted by molar-refractivity contribution is 0.190. The third kappa shape index (κ3) is 4.06. The van der Waals surface area contributed by atoms with Crippen molar-refractivity contribution in [1.82, 2.24) is 4.98 Å². The predicted octanol–water partition coefficient (Wildman–Crippen LogP) is 5.01. The van der Waals surface area contributed by atoms with E-state index in [9.17, 15) is 0 Å². The van der Waals surface area contributed by atoms with Crippen LogP contribution < -0.4 is 5.43 Å². The second-order valence-electron chi connectivity index (χ2n) is 6.03. The van der Waals surface area contributed by atoms with Gasteiger partial charge in [0.15, 0.2) is 0 Å². The highest BCUT2D eigenvalue weighted by Gasteiger charge is 2.32. The second-order valence-corrected chi connectivity index (χ2v) is 6.03. The van der Waals surface area contributed by atoms with Crippen LogP contribution in [0.5, 0.6) is 0 Å². The Morgan fingerprint density at radius 2 is 1.70 bits per heavy atom. The van der Waals surface area contributed by atoms with E-state index in [1.807, 2.05) is 12.1 Å². The fourth-order valence-electron chi connectivity index (χ4n) is 3.44. The van der Waals surface area contributed by atoms with Gasteiger partial charge in [-0.1, -0.05) is 26.7 Å². The number of anilines is 1. The molecule has 0 aromatic carbocycles. The maximum Gasteiger partial charge on any atom is 0.0592 e. The van der Waals surface area contributed by atoms with Crippen LogP contribution in [0.3, 0.4) is 0 Å². The van der Waals surface area contributed by atoms with Crippen molar-refractivity contribution in [2.45, 2.75) is 65.2 Å². The van der Waals surface area contributed by atoms with Crippen molar-refractivity contribution in [3.05, 3.63) is 24.5 Å². The Balaban J connectivity index is 1.89. The Labute approximate surface area is 122 Å². The molecular weight excluding hydrogens is 246 g/mol. The number of pyridine rings is 1. The highest BCUT2D eigenvalue weighted by Crippen LogP contribution is 2.43. The summed E-state index contributed by atoms with van der Waals surface area (Å²) in [6.45, 7) is 4.62. The minimum Gasteiger partial charge on any atom is -0.278 e. The first-order chi connectivity index (χ1) is 9.78. The molecule has 0 aliphatic heterocycles. The van der Waals surface area contributed by atoms with Crippen molar-refractivity contribution < 1.29 is 0 Å². The van der Waals surface area contributed by atoms with Crippen molar-refractivity contribution in [2.24, 2.45) is 10.5 Å². The molecule has 0 bridgehead atoms. The first-order valence-electron chi connectivity index (χ1n) is 7.99. The van der Waals surface area contributed by atoms with E-state index in [2.05, 4.69) is 29.4 Å². The monoisotopic (exact) mass is 273 g/mol. The summed E-state index contributed by atoms with van der Waals surface area (Å²) in [6.07, 6.45) is 13.9. The summed E-state index contributed by atoms with van der Waals surface area (Å²) in [4.78, 5) is 4.01. The number of hydrazone groups is 1. The molecular formula is C17H27N3. The van der Waals surface area contributed by atoms with Crippen molar-refractivity contribution in [1.29, 1.82) is 0 Å². The molecule has 0 amide bonds. The zero-order valence-electron chi connectivity index (χ0n) is 12.9. The van der Waals surface area contributed by atoms with Gasteiger partial charge in [-0.3, -0.25) is 10.4 Å². The van der Waals surface area contributed by atoms with Crippen LogP contribution in [0.1, 0.15) is 65.2 Å². The predicted molar refractivity (Wildman–Crippen MR) is 86.0 cm³/mol. The molecule has 0 spiro atoms. The molecule has 3 heteroatoms. The van der Waals surface area contributed by atoms with Gasteiger partial charge in [-0.05, 0) is 56.1 Å². The van der Waals surface area contributed by atoms with Gasteiger partial charge >= 0.3 is 0 Å². The summed E-state index contributed by atoms with van der Waals surface area (Å²) in [7, 11) is 0. The minimum absolute atomic E-state index is 0.596. The zero-order chi connectivity index (χ0) is 14.3. The second kappa shape index (κ2) is 7.41. The Kier molecular flexibility index (Phi) is 5.57. The van der Waals surface area contributed by atoms with Crippen LogP contribution in [0, 0.1) is 5.41 Å². The molecule has 3 nitrogen and oxygen atoms in total. The summed E-state index contributed by atoms with van der Waals surface area (Å²) in [5, 5.41) is 4.58. The maximum atomic E-state index is 4.58. The Morgan fingerprint density at radius 1 is 1.10 bits per heavy atom. The number of hydrogen-bond donors (Lipinski definition) is 1. The lowest BCUT2D eigenvalue weighted by atomic mass is 9.68. The van der Waals surface area contributed by atoms with Gasteiger partial charge in [0.25, 0.3) is 0 Å². The first-order valence-corrected chi connectivity index (χ1v) is 7.99. The fourth-order valence-corrected chi connectivity index (χ4v) is 3.44. The van der Waals surface area contributed by atoms with Crippen LogP contribution >= 0.6 is 0 Å². The molecule has 0 atom stereocenters. The molecule has 1 aromatic rings. The summed E-state index contributed by atoms with van der Waals surface area (Å²) >= 11 is 0. The SMILES string of the molecule is CCCC1(CCC)CCC(=NNc2ccncc2)CC1. The van der Waals surface area contributed by atoms with Gasteiger partial charge in [0.2, 0.25) is 0 Å². The van der Waals surface area contributed by atoms with Crippen molar-refractivity contribution >= 4 is 11.4 Å². The normalized spacial score (nSPS) is 17.8. The van der Waals surface area contributed by atoms with Gasteiger partial charge < -0.3 is 0 Å². The third-order valence-corrected chi connectivity index (χ3v) is 4.47. The lowest BCUT2D eigenvalue weighted by Crippen LogP contribution is -2.28. The van der Waals surface area contributed by atoms with E-state index in [1.165, 1.54) is 44.2 Å². The molecule has 1 aliphatic rings. The van der Waals surface area contributed by atoms with Crippen molar-refractivity contribution in [3.8, 4) is 0 Å². The lowest BCUT2D eigenvalue weighted by Gasteiger charge is -2.37. The van der Waals surface area contributed by atoms with Crippen LogP contribution in [0.15, 0.2) is 29.6 Å². The average molecular weight is 273 g/mol. The van der Waals surface area contributed by atoms with E-state index in [1.54, 1.807) is 12.4 Å².